The summed E-state index contributed by atoms with van der Waals surface area (Å²) in [5.74, 6) is -2.91. The first-order chi connectivity index (χ1) is 14.0. The van der Waals surface area contributed by atoms with Gasteiger partial charge in [-0.15, -0.1) is 0 Å². The molecule has 1 aliphatic rings. The minimum absolute atomic E-state index is 0.171. The van der Waals surface area contributed by atoms with E-state index in [-0.39, 0.29) is 12.0 Å². The van der Waals surface area contributed by atoms with E-state index in [0.717, 1.165) is 0 Å². The van der Waals surface area contributed by atoms with Gasteiger partial charge in [-0.25, -0.2) is 0 Å². The first-order valence-corrected chi connectivity index (χ1v) is 10.4. The number of carboxylic acid groups (broad SMARTS) is 1. The van der Waals surface area contributed by atoms with Crippen LogP contribution in [-0.4, -0.2) is 35.2 Å². The average molecular weight is 460 g/mol. The van der Waals surface area contributed by atoms with Gasteiger partial charge in [0.05, 0.1) is 11.8 Å². The maximum atomic E-state index is 13.8. The number of carboxylic acids is 1. The fourth-order valence-electron chi connectivity index (χ4n) is 3.84. The molecule has 30 heavy (non-hydrogen) atoms. The number of carbonyl (C=O) groups is 1. The predicted octanol–water partition coefficient (Wildman–Crippen LogP) is 6.10. The van der Waals surface area contributed by atoms with Crippen LogP contribution < -0.4 is 0 Å². The van der Waals surface area contributed by atoms with Crippen LogP contribution in [0, 0.1) is 12.8 Å². The van der Waals surface area contributed by atoms with Gasteiger partial charge in [-0.1, -0.05) is 47.5 Å². The number of likely N-dealkylation sites (tertiary alicyclic amines) is 1. The molecular weight excluding hydrogens is 438 g/mol. The molecule has 1 N–H and O–H groups in total. The zero-order valence-electron chi connectivity index (χ0n) is 16.3. The predicted molar refractivity (Wildman–Crippen MR) is 111 cm³/mol. The SMILES string of the molecule is Cc1cc([C@H](Cc2ccc(Cl)c(CN3CCC(C(=O)O)C3)c2)C(F)(F)F)ccc1Cl. The number of hydrogen-bond acceptors (Lipinski definition) is 2. The van der Waals surface area contributed by atoms with Crippen molar-refractivity contribution in [1.29, 1.82) is 0 Å². The Hall–Kier alpha value is -1.76. The van der Waals surface area contributed by atoms with Crippen molar-refractivity contribution in [2.24, 2.45) is 5.92 Å². The molecular formula is C22H22Cl2F3NO2. The second kappa shape index (κ2) is 9.16. The van der Waals surface area contributed by atoms with Gasteiger partial charge in [0.2, 0.25) is 0 Å². The van der Waals surface area contributed by atoms with E-state index in [4.69, 9.17) is 28.3 Å². The molecule has 2 atom stereocenters. The zero-order valence-corrected chi connectivity index (χ0v) is 17.9. The number of rotatable bonds is 6. The Bertz CT molecular complexity index is 933. The Morgan fingerprint density at radius 2 is 1.90 bits per heavy atom. The van der Waals surface area contributed by atoms with E-state index in [1.54, 1.807) is 25.1 Å². The number of benzene rings is 2. The van der Waals surface area contributed by atoms with E-state index in [2.05, 4.69) is 0 Å². The van der Waals surface area contributed by atoms with E-state index in [0.29, 0.717) is 52.8 Å². The van der Waals surface area contributed by atoms with Gasteiger partial charge < -0.3 is 5.11 Å². The van der Waals surface area contributed by atoms with Crippen LogP contribution in [-0.2, 0) is 17.8 Å². The topological polar surface area (TPSA) is 40.5 Å². The molecule has 0 amide bonds. The molecule has 8 heteroatoms. The van der Waals surface area contributed by atoms with E-state index >= 15 is 0 Å². The third-order valence-electron chi connectivity index (χ3n) is 5.55. The van der Waals surface area contributed by atoms with Gasteiger partial charge in [-0.05, 0) is 60.7 Å². The second-order valence-electron chi connectivity index (χ2n) is 7.79. The quantitative estimate of drug-likeness (QED) is 0.567. The Balaban J connectivity index is 1.81. The van der Waals surface area contributed by atoms with Crippen molar-refractivity contribution in [1.82, 2.24) is 4.90 Å². The van der Waals surface area contributed by atoms with Crippen molar-refractivity contribution in [2.75, 3.05) is 13.1 Å². The molecule has 1 fully saturated rings. The Morgan fingerprint density at radius 1 is 1.20 bits per heavy atom. The molecule has 0 aliphatic carbocycles. The highest BCUT2D eigenvalue weighted by molar-refractivity contribution is 6.31. The number of aryl methyl sites for hydroxylation is 1. The molecule has 0 aromatic heterocycles. The number of aliphatic carboxylic acids is 1. The molecule has 1 aliphatic heterocycles. The van der Waals surface area contributed by atoms with Crippen LogP contribution in [0.2, 0.25) is 10.0 Å². The maximum Gasteiger partial charge on any atom is 0.396 e. The molecule has 0 bridgehead atoms. The summed E-state index contributed by atoms with van der Waals surface area (Å²) in [6.45, 7) is 3.12. The molecule has 3 nitrogen and oxygen atoms in total. The summed E-state index contributed by atoms with van der Waals surface area (Å²) in [6, 6.07) is 9.30. The number of alkyl halides is 3. The molecule has 1 saturated heterocycles. The Labute approximate surface area is 183 Å². The van der Waals surface area contributed by atoms with Crippen molar-refractivity contribution >= 4 is 29.2 Å². The lowest BCUT2D eigenvalue weighted by Crippen LogP contribution is -2.24. The normalized spacial score (nSPS) is 18.5. The Morgan fingerprint density at radius 3 is 2.50 bits per heavy atom. The standard InChI is InChI=1S/C22H22Cl2F3NO2/c1-13-8-15(3-5-19(13)23)18(22(25,26)27)10-14-2-4-20(24)17(9-14)12-28-7-6-16(11-28)21(29)30/h2-5,8-9,16,18H,6-7,10-12H2,1H3,(H,29,30)/t16?,18-/m0/s1. The molecule has 0 spiro atoms. The monoisotopic (exact) mass is 459 g/mol. The minimum atomic E-state index is -4.41. The zero-order chi connectivity index (χ0) is 22.1. The van der Waals surface area contributed by atoms with Crippen molar-refractivity contribution in [3.63, 3.8) is 0 Å². The van der Waals surface area contributed by atoms with E-state index in [1.165, 1.54) is 18.2 Å². The molecule has 2 aromatic carbocycles. The van der Waals surface area contributed by atoms with Gasteiger partial charge in [0, 0.05) is 23.1 Å². The lowest BCUT2D eigenvalue weighted by atomic mass is 9.90. The van der Waals surface area contributed by atoms with Crippen LogP contribution in [0.1, 0.15) is 34.6 Å². The lowest BCUT2D eigenvalue weighted by molar-refractivity contribution is -0.150. The highest BCUT2D eigenvalue weighted by atomic mass is 35.5. The highest BCUT2D eigenvalue weighted by Gasteiger charge is 2.40. The van der Waals surface area contributed by atoms with Crippen LogP contribution in [0.15, 0.2) is 36.4 Å². The van der Waals surface area contributed by atoms with Crippen LogP contribution in [0.5, 0.6) is 0 Å². The number of nitrogens with zero attached hydrogens (tertiary/aromatic N) is 1. The molecule has 1 heterocycles. The molecule has 3 rings (SSSR count). The summed E-state index contributed by atoms with van der Waals surface area (Å²) in [5.41, 5.74) is 2.00. The van der Waals surface area contributed by atoms with Crippen molar-refractivity contribution in [3.8, 4) is 0 Å². The highest BCUT2D eigenvalue weighted by Crippen LogP contribution is 2.39. The van der Waals surface area contributed by atoms with Crippen LogP contribution in [0.25, 0.3) is 0 Å². The van der Waals surface area contributed by atoms with Crippen LogP contribution >= 0.6 is 23.2 Å². The first-order valence-electron chi connectivity index (χ1n) is 9.60. The molecule has 0 radical (unpaired) electrons. The lowest BCUT2D eigenvalue weighted by Gasteiger charge is -2.22. The fourth-order valence-corrected chi connectivity index (χ4v) is 4.13. The average Bonchev–Trinajstić information content (AvgIpc) is 3.12. The fraction of sp³-hybridized carbons (Fsp3) is 0.409. The molecule has 2 aromatic rings. The smallest absolute Gasteiger partial charge is 0.396 e. The van der Waals surface area contributed by atoms with Gasteiger partial charge in [-0.2, -0.15) is 13.2 Å². The second-order valence-corrected chi connectivity index (χ2v) is 8.61. The van der Waals surface area contributed by atoms with Gasteiger partial charge in [0.25, 0.3) is 0 Å². The summed E-state index contributed by atoms with van der Waals surface area (Å²) in [5, 5.41) is 10.0. The first kappa shape index (κ1) is 22.9. The van der Waals surface area contributed by atoms with Crippen LogP contribution in [0.4, 0.5) is 13.2 Å². The van der Waals surface area contributed by atoms with Gasteiger partial charge >= 0.3 is 12.1 Å². The summed E-state index contributed by atoms with van der Waals surface area (Å²) < 4.78 is 41.5. The van der Waals surface area contributed by atoms with Crippen molar-refractivity contribution in [3.05, 3.63) is 68.7 Å². The molecule has 1 unspecified atom stereocenters. The van der Waals surface area contributed by atoms with E-state index in [1.807, 2.05) is 4.90 Å². The van der Waals surface area contributed by atoms with Crippen LogP contribution in [0.3, 0.4) is 0 Å². The van der Waals surface area contributed by atoms with Crippen molar-refractivity contribution in [2.45, 2.75) is 38.4 Å². The van der Waals surface area contributed by atoms with E-state index in [9.17, 15) is 18.0 Å². The summed E-state index contributed by atoms with van der Waals surface area (Å²) >= 11 is 12.2. The van der Waals surface area contributed by atoms with Crippen molar-refractivity contribution < 1.29 is 23.1 Å². The van der Waals surface area contributed by atoms with Gasteiger partial charge in [0.1, 0.15) is 0 Å². The summed E-state index contributed by atoms with van der Waals surface area (Å²) in [6.07, 6.45) is -4.07. The summed E-state index contributed by atoms with van der Waals surface area (Å²) in [4.78, 5) is 13.1. The van der Waals surface area contributed by atoms with Gasteiger partial charge in [0.15, 0.2) is 0 Å². The third kappa shape index (κ3) is 5.48. The molecule has 162 valence electrons. The Kier molecular flexibility index (Phi) is 7.00. The van der Waals surface area contributed by atoms with E-state index < -0.39 is 24.0 Å². The summed E-state index contributed by atoms with van der Waals surface area (Å²) in [7, 11) is 0. The largest absolute Gasteiger partial charge is 0.481 e. The number of halogens is 5. The third-order valence-corrected chi connectivity index (χ3v) is 6.34. The number of hydrogen-bond donors (Lipinski definition) is 1. The van der Waals surface area contributed by atoms with Gasteiger partial charge in [-0.3, -0.25) is 9.69 Å². The molecule has 0 saturated carbocycles. The maximum absolute atomic E-state index is 13.8. The minimum Gasteiger partial charge on any atom is -0.481 e.